The summed E-state index contributed by atoms with van der Waals surface area (Å²) >= 11 is 1.53. The van der Waals surface area contributed by atoms with Crippen molar-refractivity contribution >= 4 is 33.0 Å². The Balaban J connectivity index is 1.95. The van der Waals surface area contributed by atoms with Gasteiger partial charge >= 0.3 is 0 Å². The maximum absolute atomic E-state index is 13.2. The van der Waals surface area contributed by atoms with Gasteiger partial charge in [-0.3, -0.25) is 4.79 Å². The van der Waals surface area contributed by atoms with Crippen molar-refractivity contribution < 1.29 is 13.2 Å². The molecule has 0 radical (unpaired) electrons. The molecule has 2 heterocycles. The van der Waals surface area contributed by atoms with Crippen LogP contribution in [0.5, 0.6) is 0 Å². The van der Waals surface area contributed by atoms with Crippen LogP contribution in [0.2, 0.25) is 0 Å². The fraction of sp³-hybridized carbons (Fsp3) is 0.316. The summed E-state index contributed by atoms with van der Waals surface area (Å²) in [6.45, 7) is 6.47. The van der Waals surface area contributed by atoms with Gasteiger partial charge in [0, 0.05) is 37.1 Å². The van der Waals surface area contributed by atoms with Crippen LogP contribution in [0, 0.1) is 0 Å². The number of hydrogen-bond donors (Lipinski definition) is 0. The Morgan fingerprint density at radius 3 is 2.85 bits per heavy atom. The first-order valence-electron chi connectivity index (χ1n) is 8.48. The van der Waals surface area contributed by atoms with Gasteiger partial charge in [-0.05, 0) is 48.1 Å². The highest BCUT2D eigenvalue weighted by atomic mass is 32.2. The maximum Gasteiger partial charge on any atom is 0.243 e. The van der Waals surface area contributed by atoms with Crippen LogP contribution in [0.3, 0.4) is 0 Å². The van der Waals surface area contributed by atoms with E-state index in [4.69, 9.17) is 0 Å². The molecule has 0 saturated heterocycles. The highest BCUT2D eigenvalue weighted by Gasteiger charge is 2.27. The molecule has 5 nitrogen and oxygen atoms in total. The quantitative estimate of drug-likeness (QED) is 0.710. The van der Waals surface area contributed by atoms with E-state index in [9.17, 15) is 13.2 Å². The number of anilines is 1. The number of carbonyl (C=O) groups is 1. The SMILES string of the molecule is C=CCN(Cc1cccs1)S(=O)(=O)c1ccc2c(c1)CCCN2C(C)=O. The number of amides is 1. The molecule has 0 fully saturated rings. The van der Waals surface area contributed by atoms with E-state index >= 15 is 0 Å². The lowest BCUT2D eigenvalue weighted by Crippen LogP contribution is -2.34. The largest absolute Gasteiger partial charge is 0.312 e. The first-order chi connectivity index (χ1) is 12.4. The van der Waals surface area contributed by atoms with Gasteiger partial charge in [0.15, 0.2) is 0 Å². The second-order valence-corrected chi connectivity index (χ2v) is 9.20. The third-order valence-electron chi connectivity index (χ3n) is 4.43. The van der Waals surface area contributed by atoms with Crippen molar-refractivity contribution in [3.8, 4) is 0 Å². The molecule has 2 aromatic rings. The number of fused-ring (bicyclic) bond motifs is 1. The van der Waals surface area contributed by atoms with E-state index in [0.717, 1.165) is 29.0 Å². The summed E-state index contributed by atoms with van der Waals surface area (Å²) in [5, 5.41) is 1.93. The van der Waals surface area contributed by atoms with Gasteiger partial charge in [-0.1, -0.05) is 12.1 Å². The third-order valence-corrected chi connectivity index (χ3v) is 7.10. The molecule has 7 heteroatoms. The number of thiophene rings is 1. The lowest BCUT2D eigenvalue weighted by Gasteiger charge is -2.29. The summed E-state index contributed by atoms with van der Waals surface area (Å²) in [6, 6.07) is 8.89. The fourth-order valence-electron chi connectivity index (χ4n) is 3.18. The molecular weight excluding hydrogens is 368 g/mol. The van der Waals surface area contributed by atoms with Gasteiger partial charge in [0.2, 0.25) is 15.9 Å². The number of hydrogen-bond acceptors (Lipinski definition) is 4. The van der Waals surface area contributed by atoms with Crippen LogP contribution in [0.15, 0.2) is 53.3 Å². The summed E-state index contributed by atoms with van der Waals surface area (Å²) in [7, 11) is -3.65. The standard InChI is InChI=1S/C19H22N2O3S2/c1-3-10-20(14-17-7-5-12-25-17)26(23,24)18-8-9-19-16(13-18)6-4-11-21(19)15(2)22/h3,5,7-9,12-13H,1,4,6,10-11,14H2,2H3. The zero-order valence-electron chi connectivity index (χ0n) is 14.7. The normalized spacial score (nSPS) is 14.3. The molecule has 1 aromatic heterocycles. The molecule has 26 heavy (non-hydrogen) atoms. The number of carbonyl (C=O) groups excluding carboxylic acids is 1. The molecule has 1 aliphatic rings. The zero-order valence-corrected chi connectivity index (χ0v) is 16.4. The summed E-state index contributed by atoms with van der Waals surface area (Å²) in [5.74, 6) is -0.0208. The van der Waals surface area contributed by atoms with Crippen LogP contribution in [0.25, 0.3) is 0 Å². The molecule has 0 atom stereocenters. The lowest BCUT2D eigenvalue weighted by atomic mass is 10.0. The summed E-state index contributed by atoms with van der Waals surface area (Å²) in [4.78, 5) is 14.8. The van der Waals surface area contributed by atoms with E-state index in [0.29, 0.717) is 13.1 Å². The average Bonchev–Trinajstić information content (AvgIpc) is 3.13. The predicted molar refractivity (Wildman–Crippen MR) is 105 cm³/mol. The van der Waals surface area contributed by atoms with Crippen LogP contribution in [0.4, 0.5) is 5.69 Å². The minimum Gasteiger partial charge on any atom is -0.312 e. The van der Waals surface area contributed by atoms with Gasteiger partial charge in [-0.25, -0.2) is 8.42 Å². The van der Waals surface area contributed by atoms with E-state index in [1.807, 2.05) is 17.5 Å². The molecular formula is C19H22N2O3S2. The molecule has 0 saturated carbocycles. The molecule has 0 spiro atoms. The van der Waals surface area contributed by atoms with Gasteiger partial charge in [0.25, 0.3) is 0 Å². The second-order valence-electron chi connectivity index (χ2n) is 6.23. The van der Waals surface area contributed by atoms with E-state index < -0.39 is 10.0 Å². The van der Waals surface area contributed by atoms with Gasteiger partial charge in [-0.15, -0.1) is 17.9 Å². The lowest BCUT2D eigenvalue weighted by molar-refractivity contribution is -0.116. The second kappa shape index (κ2) is 7.73. The van der Waals surface area contributed by atoms with Crippen LogP contribution in [-0.4, -0.2) is 31.7 Å². The number of benzene rings is 1. The third kappa shape index (κ3) is 3.75. The molecule has 0 N–H and O–H groups in total. The number of rotatable bonds is 6. The topological polar surface area (TPSA) is 57.7 Å². The van der Waals surface area contributed by atoms with Gasteiger partial charge in [0.1, 0.15) is 0 Å². The Labute approximate surface area is 158 Å². The van der Waals surface area contributed by atoms with Crippen molar-refractivity contribution in [3.05, 3.63) is 58.8 Å². The molecule has 0 bridgehead atoms. The number of aryl methyl sites for hydroxylation is 1. The molecule has 138 valence electrons. The summed E-state index contributed by atoms with van der Waals surface area (Å²) in [5.41, 5.74) is 1.72. The van der Waals surface area contributed by atoms with Crippen molar-refractivity contribution in [2.45, 2.75) is 31.2 Å². The maximum atomic E-state index is 13.2. The predicted octanol–water partition coefficient (Wildman–Crippen LogP) is 3.42. The Kier molecular flexibility index (Phi) is 5.60. The van der Waals surface area contributed by atoms with Crippen LogP contribution in [-0.2, 0) is 27.8 Å². The Morgan fingerprint density at radius 2 is 2.19 bits per heavy atom. The zero-order chi connectivity index (χ0) is 18.7. The molecule has 1 aliphatic heterocycles. The van der Waals surface area contributed by atoms with Crippen molar-refractivity contribution in [1.82, 2.24) is 4.31 Å². The van der Waals surface area contributed by atoms with Crippen molar-refractivity contribution in [3.63, 3.8) is 0 Å². The van der Waals surface area contributed by atoms with E-state index in [-0.39, 0.29) is 17.3 Å². The molecule has 3 rings (SSSR count). The highest BCUT2D eigenvalue weighted by molar-refractivity contribution is 7.89. The van der Waals surface area contributed by atoms with E-state index in [1.165, 1.54) is 22.6 Å². The first-order valence-corrected chi connectivity index (χ1v) is 10.8. The minimum absolute atomic E-state index is 0.0208. The summed E-state index contributed by atoms with van der Waals surface area (Å²) < 4.78 is 27.7. The Hall–Kier alpha value is -1.96. The smallest absolute Gasteiger partial charge is 0.243 e. The van der Waals surface area contributed by atoms with Gasteiger partial charge < -0.3 is 4.90 Å². The van der Waals surface area contributed by atoms with Crippen LogP contribution >= 0.6 is 11.3 Å². The van der Waals surface area contributed by atoms with E-state index in [2.05, 4.69) is 6.58 Å². The highest BCUT2D eigenvalue weighted by Crippen LogP contribution is 2.31. The molecule has 0 aliphatic carbocycles. The van der Waals surface area contributed by atoms with Gasteiger partial charge in [-0.2, -0.15) is 4.31 Å². The van der Waals surface area contributed by atoms with Gasteiger partial charge in [0.05, 0.1) is 4.90 Å². The number of sulfonamides is 1. The molecule has 1 amide bonds. The van der Waals surface area contributed by atoms with Crippen molar-refractivity contribution in [1.29, 1.82) is 0 Å². The first kappa shape index (κ1) is 18.8. The van der Waals surface area contributed by atoms with Crippen molar-refractivity contribution in [2.24, 2.45) is 0 Å². The Morgan fingerprint density at radius 1 is 1.38 bits per heavy atom. The van der Waals surface area contributed by atoms with E-state index in [1.54, 1.807) is 29.2 Å². The van der Waals surface area contributed by atoms with Crippen LogP contribution < -0.4 is 4.90 Å². The monoisotopic (exact) mass is 390 g/mol. The molecule has 1 aromatic carbocycles. The minimum atomic E-state index is -3.65. The Bertz CT molecular complexity index is 905. The molecule has 0 unspecified atom stereocenters. The number of nitrogens with zero attached hydrogens (tertiary/aromatic N) is 2. The van der Waals surface area contributed by atoms with Crippen molar-refractivity contribution in [2.75, 3.05) is 18.0 Å². The fourth-order valence-corrected chi connectivity index (χ4v) is 5.42. The summed E-state index contributed by atoms with van der Waals surface area (Å²) in [6.07, 6.45) is 3.21. The average molecular weight is 391 g/mol. The van der Waals surface area contributed by atoms with Crippen LogP contribution in [0.1, 0.15) is 23.8 Å².